The molecule has 0 aliphatic carbocycles. The predicted octanol–water partition coefficient (Wildman–Crippen LogP) is 6.71. The van der Waals surface area contributed by atoms with Crippen molar-refractivity contribution in [3.05, 3.63) is 100 Å². The summed E-state index contributed by atoms with van der Waals surface area (Å²) < 4.78 is 40.5. The number of amides is 1. The maximum absolute atomic E-state index is 14.2. The van der Waals surface area contributed by atoms with Crippen molar-refractivity contribution in [1.29, 1.82) is 0 Å². The van der Waals surface area contributed by atoms with Gasteiger partial charge < -0.3 is 19.4 Å². The van der Waals surface area contributed by atoms with E-state index in [1.807, 2.05) is 23.6 Å². The third-order valence-electron chi connectivity index (χ3n) is 5.69. The van der Waals surface area contributed by atoms with Crippen LogP contribution in [-0.4, -0.2) is 23.6 Å². The Balaban J connectivity index is 1.79. The van der Waals surface area contributed by atoms with Crippen molar-refractivity contribution < 1.29 is 27.8 Å². The number of methoxy groups -OCH3 is 1. The van der Waals surface area contributed by atoms with Crippen LogP contribution in [-0.2, 0) is 16.1 Å². The van der Waals surface area contributed by atoms with E-state index >= 15 is 0 Å². The normalized spacial score (nSPS) is 10.8. The number of benzene rings is 3. The zero-order chi connectivity index (χ0) is 26.7. The van der Waals surface area contributed by atoms with Crippen LogP contribution in [0.25, 0.3) is 16.9 Å². The second-order valence-electron chi connectivity index (χ2n) is 8.24. The van der Waals surface area contributed by atoms with Crippen LogP contribution < -0.4 is 10.1 Å². The van der Waals surface area contributed by atoms with E-state index in [4.69, 9.17) is 21.1 Å². The molecule has 9 heteroatoms. The molecule has 4 aromatic rings. The molecule has 0 aliphatic heterocycles. The van der Waals surface area contributed by atoms with Crippen molar-refractivity contribution in [3.8, 4) is 22.7 Å². The number of hydrogen-bond donors (Lipinski definition) is 1. The fourth-order valence-corrected chi connectivity index (χ4v) is 4.16. The standard InChI is InChI=1S/C28H23ClF2N2O4/c1-16-7-11-25(33(16)20-9-10-24(32-17(2)34)21(14-20)28(35)36-3)22-13-19(29)8-12-26(22)37-15-18-5-4-6-23(30)27(18)31/h4-14H,15H2,1-3H3,(H,32,34). The highest BCUT2D eigenvalue weighted by atomic mass is 35.5. The van der Waals surface area contributed by atoms with Gasteiger partial charge in [0.15, 0.2) is 11.6 Å². The number of aryl methyl sites for hydroxylation is 1. The summed E-state index contributed by atoms with van der Waals surface area (Å²) in [6.45, 7) is 3.03. The molecule has 190 valence electrons. The summed E-state index contributed by atoms with van der Waals surface area (Å²) in [4.78, 5) is 24.1. The lowest BCUT2D eigenvalue weighted by Crippen LogP contribution is -2.13. The second-order valence-corrected chi connectivity index (χ2v) is 8.68. The Morgan fingerprint density at radius 1 is 1.03 bits per heavy atom. The highest BCUT2D eigenvalue weighted by Crippen LogP contribution is 2.37. The molecule has 1 heterocycles. The van der Waals surface area contributed by atoms with E-state index in [1.165, 1.54) is 26.2 Å². The fourth-order valence-electron chi connectivity index (χ4n) is 3.98. The average Bonchev–Trinajstić information content (AvgIpc) is 3.26. The van der Waals surface area contributed by atoms with Crippen LogP contribution in [0.2, 0.25) is 5.02 Å². The highest BCUT2D eigenvalue weighted by molar-refractivity contribution is 6.31. The first-order valence-electron chi connectivity index (χ1n) is 11.2. The van der Waals surface area contributed by atoms with Gasteiger partial charge in [0, 0.05) is 34.5 Å². The van der Waals surface area contributed by atoms with E-state index in [0.717, 1.165) is 11.8 Å². The molecule has 0 saturated heterocycles. The number of nitrogens with zero attached hydrogens (tertiary/aromatic N) is 1. The Morgan fingerprint density at radius 2 is 1.81 bits per heavy atom. The number of anilines is 1. The van der Waals surface area contributed by atoms with Crippen LogP contribution in [0.3, 0.4) is 0 Å². The van der Waals surface area contributed by atoms with Gasteiger partial charge in [-0.3, -0.25) is 4.79 Å². The number of carbonyl (C=O) groups excluding carboxylic acids is 2. The van der Waals surface area contributed by atoms with Gasteiger partial charge >= 0.3 is 5.97 Å². The van der Waals surface area contributed by atoms with E-state index in [2.05, 4.69) is 5.32 Å². The van der Waals surface area contributed by atoms with Gasteiger partial charge in [0.05, 0.1) is 24.1 Å². The van der Waals surface area contributed by atoms with Gasteiger partial charge in [-0.15, -0.1) is 0 Å². The topological polar surface area (TPSA) is 69.6 Å². The van der Waals surface area contributed by atoms with E-state index < -0.39 is 17.6 Å². The monoisotopic (exact) mass is 524 g/mol. The summed E-state index contributed by atoms with van der Waals surface area (Å²) in [6.07, 6.45) is 0. The van der Waals surface area contributed by atoms with Crippen molar-refractivity contribution in [3.63, 3.8) is 0 Å². The molecule has 6 nitrogen and oxygen atoms in total. The molecule has 0 bridgehead atoms. The van der Waals surface area contributed by atoms with Gasteiger partial charge in [-0.25, -0.2) is 13.6 Å². The van der Waals surface area contributed by atoms with Gasteiger partial charge in [0.2, 0.25) is 5.91 Å². The minimum absolute atomic E-state index is 0.0729. The van der Waals surface area contributed by atoms with Gasteiger partial charge in [0.1, 0.15) is 12.4 Å². The largest absolute Gasteiger partial charge is 0.488 e. The van der Waals surface area contributed by atoms with Crippen LogP contribution in [0.5, 0.6) is 5.75 Å². The molecule has 0 radical (unpaired) electrons. The Hall–Kier alpha value is -4.17. The van der Waals surface area contributed by atoms with Crippen LogP contribution in [0, 0.1) is 18.6 Å². The van der Waals surface area contributed by atoms with Gasteiger partial charge in [-0.2, -0.15) is 0 Å². The van der Waals surface area contributed by atoms with Crippen molar-refractivity contribution >= 4 is 29.2 Å². The molecule has 0 unspecified atom stereocenters. The first-order valence-corrected chi connectivity index (χ1v) is 11.6. The molecule has 0 fully saturated rings. The maximum Gasteiger partial charge on any atom is 0.340 e. The number of aromatic nitrogens is 1. The summed E-state index contributed by atoms with van der Waals surface area (Å²) in [5.41, 5.74) is 3.30. The molecule has 1 aromatic heterocycles. The summed E-state index contributed by atoms with van der Waals surface area (Å²) >= 11 is 6.31. The van der Waals surface area contributed by atoms with Crippen LogP contribution in [0.15, 0.2) is 66.7 Å². The fraction of sp³-hybridized carbons (Fsp3) is 0.143. The summed E-state index contributed by atoms with van der Waals surface area (Å²) in [5, 5.41) is 3.08. The number of rotatable bonds is 7. The molecular weight excluding hydrogens is 502 g/mol. The second kappa shape index (κ2) is 10.8. The zero-order valence-corrected chi connectivity index (χ0v) is 21.0. The number of esters is 1. The third kappa shape index (κ3) is 5.49. The molecule has 1 N–H and O–H groups in total. The number of halogens is 3. The summed E-state index contributed by atoms with van der Waals surface area (Å²) in [7, 11) is 1.26. The Labute approximate surface area is 217 Å². The molecule has 3 aromatic carbocycles. The van der Waals surface area contributed by atoms with E-state index in [0.29, 0.717) is 33.4 Å². The van der Waals surface area contributed by atoms with Gasteiger partial charge in [0.25, 0.3) is 0 Å². The van der Waals surface area contributed by atoms with Crippen molar-refractivity contribution in [1.82, 2.24) is 4.57 Å². The SMILES string of the molecule is COC(=O)c1cc(-n2c(C)ccc2-c2cc(Cl)ccc2OCc2cccc(F)c2F)ccc1NC(C)=O. The molecule has 1 amide bonds. The quantitative estimate of drug-likeness (QED) is 0.273. The molecule has 0 aliphatic rings. The molecule has 0 spiro atoms. The summed E-state index contributed by atoms with van der Waals surface area (Å²) in [5.74, 6) is -2.46. The smallest absolute Gasteiger partial charge is 0.340 e. The minimum atomic E-state index is -0.966. The molecule has 37 heavy (non-hydrogen) atoms. The highest BCUT2D eigenvalue weighted by Gasteiger charge is 2.19. The lowest BCUT2D eigenvalue weighted by atomic mass is 10.1. The number of hydrogen-bond acceptors (Lipinski definition) is 4. The Bertz CT molecular complexity index is 1500. The average molecular weight is 525 g/mol. The summed E-state index contributed by atoms with van der Waals surface area (Å²) in [6, 6.07) is 17.6. The Kier molecular flexibility index (Phi) is 7.59. The van der Waals surface area contributed by atoms with Crippen LogP contribution >= 0.6 is 11.6 Å². The van der Waals surface area contributed by atoms with Crippen LogP contribution in [0.4, 0.5) is 14.5 Å². The van der Waals surface area contributed by atoms with Crippen molar-refractivity contribution in [2.75, 3.05) is 12.4 Å². The zero-order valence-electron chi connectivity index (χ0n) is 20.3. The molecular formula is C28H23ClF2N2O4. The van der Waals surface area contributed by atoms with Crippen molar-refractivity contribution in [2.24, 2.45) is 0 Å². The first-order chi connectivity index (χ1) is 17.7. The van der Waals surface area contributed by atoms with Gasteiger partial charge in [-0.05, 0) is 61.5 Å². The molecule has 0 saturated carbocycles. The van der Waals surface area contributed by atoms with Crippen LogP contribution in [0.1, 0.15) is 28.5 Å². The third-order valence-corrected chi connectivity index (χ3v) is 5.92. The lowest BCUT2D eigenvalue weighted by molar-refractivity contribution is -0.114. The predicted molar refractivity (Wildman–Crippen MR) is 137 cm³/mol. The first kappa shape index (κ1) is 25.9. The molecule has 0 atom stereocenters. The Morgan fingerprint density at radius 3 is 2.54 bits per heavy atom. The number of ether oxygens (including phenoxy) is 2. The number of nitrogens with one attached hydrogen (secondary N) is 1. The maximum atomic E-state index is 14.2. The minimum Gasteiger partial charge on any atom is -0.488 e. The van der Waals surface area contributed by atoms with E-state index in [1.54, 1.807) is 36.4 Å². The lowest BCUT2D eigenvalue weighted by Gasteiger charge is -2.18. The molecule has 4 rings (SSSR count). The number of carbonyl (C=O) groups is 2. The van der Waals surface area contributed by atoms with Crippen molar-refractivity contribution in [2.45, 2.75) is 20.5 Å². The van der Waals surface area contributed by atoms with Gasteiger partial charge in [-0.1, -0.05) is 23.7 Å². The van der Waals surface area contributed by atoms with E-state index in [9.17, 15) is 18.4 Å². The van der Waals surface area contributed by atoms with E-state index in [-0.39, 0.29) is 23.6 Å².